The van der Waals surface area contributed by atoms with Crippen molar-refractivity contribution in [2.45, 2.75) is 0 Å². The van der Waals surface area contributed by atoms with E-state index in [1.165, 1.54) is 24.3 Å². The number of hydrogen-bond donors (Lipinski definition) is 3. The van der Waals surface area contributed by atoms with Crippen LogP contribution in [0.3, 0.4) is 0 Å². The molecule has 0 aliphatic carbocycles. The number of phenolic OH excluding ortho intramolecular Hbond substituents is 2. The molecule has 0 spiro atoms. The predicted octanol–water partition coefficient (Wildman–Crippen LogP) is 0.933. The van der Waals surface area contributed by atoms with Gasteiger partial charge in [0, 0.05) is 0 Å². The number of benzene rings is 1. The van der Waals surface area contributed by atoms with E-state index in [-0.39, 0.29) is 11.5 Å². The van der Waals surface area contributed by atoms with Gasteiger partial charge in [0.15, 0.2) is 0 Å². The van der Waals surface area contributed by atoms with Crippen molar-refractivity contribution in [2.24, 2.45) is 0 Å². The van der Waals surface area contributed by atoms with Gasteiger partial charge in [-0.15, -0.1) is 0 Å². The second-order valence-corrected chi connectivity index (χ2v) is 2.02. The Bertz CT molecular complexity index is 163. The van der Waals surface area contributed by atoms with Gasteiger partial charge in [-0.05, 0) is 38.4 Å². The van der Waals surface area contributed by atoms with Crippen molar-refractivity contribution in [1.29, 1.82) is 0 Å². The third-order valence-electron chi connectivity index (χ3n) is 0.850. The summed E-state index contributed by atoms with van der Waals surface area (Å²) in [4.78, 5) is 0. The molecule has 0 saturated carbocycles. The lowest BCUT2D eigenvalue weighted by molar-refractivity contribution is 0.460. The van der Waals surface area contributed by atoms with Crippen molar-refractivity contribution < 1.29 is 10.2 Å². The van der Waals surface area contributed by atoms with E-state index >= 15 is 0 Å². The smallest absolute Gasteiger partial charge is 0.115 e. The molecule has 0 aliphatic rings. The van der Waals surface area contributed by atoms with Gasteiger partial charge in [-0.2, -0.15) is 0 Å². The second-order valence-electron chi connectivity index (χ2n) is 2.02. The zero-order chi connectivity index (χ0) is 8.69. The Hall–Kier alpha value is -1.22. The van der Waals surface area contributed by atoms with Crippen LogP contribution >= 0.6 is 0 Å². The van der Waals surface area contributed by atoms with Crippen molar-refractivity contribution in [3.05, 3.63) is 24.3 Å². The number of nitrogens with one attached hydrogen (secondary N) is 1. The Morgan fingerprint density at radius 2 is 1.09 bits per heavy atom. The summed E-state index contributed by atoms with van der Waals surface area (Å²) in [7, 11) is 3.75. The molecule has 0 fully saturated rings. The molecule has 3 nitrogen and oxygen atoms in total. The summed E-state index contributed by atoms with van der Waals surface area (Å²) in [5, 5.41) is 20.0. The Balaban J connectivity index is 0.000000292. The molecule has 0 radical (unpaired) electrons. The van der Waals surface area contributed by atoms with E-state index in [9.17, 15) is 0 Å². The van der Waals surface area contributed by atoms with Crippen LogP contribution in [0.4, 0.5) is 0 Å². The Morgan fingerprint density at radius 1 is 0.909 bits per heavy atom. The summed E-state index contributed by atoms with van der Waals surface area (Å²) < 4.78 is 0. The summed E-state index contributed by atoms with van der Waals surface area (Å²) in [6, 6.07) is 5.70. The molecule has 0 aromatic heterocycles. The first-order chi connectivity index (χ1) is 5.20. The molecule has 0 bridgehead atoms. The number of phenols is 2. The Morgan fingerprint density at radius 3 is 1.27 bits per heavy atom. The zero-order valence-corrected chi connectivity index (χ0v) is 6.70. The molecule has 11 heavy (non-hydrogen) atoms. The highest BCUT2D eigenvalue weighted by molar-refractivity contribution is 5.28. The molecule has 1 aromatic rings. The van der Waals surface area contributed by atoms with Crippen LogP contribution in [0, 0.1) is 0 Å². The lowest BCUT2D eigenvalue weighted by Crippen LogP contribution is -1.89. The van der Waals surface area contributed by atoms with Crippen molar-refractivity contribution in [3.63, 3.8) is 0 Å². The van der Waals surface area contributed by atoms with E-state index in [2.05, 4.69) is 5.32 Å². The minimum Gasteiger partial charge on any atom is -0.508 e. The van der Waals surface area contributed by atoms with Gasteiger partial charge in [0.2, 0.25) is 0 Å². The third kappa shape index (κ3) is 5.24. The van der Waals surface area contributed by atoms with Gasteiger partial charge >= 0.3 is 0 Å². The zero-order valence-electron chi connectivity index (χ0n) is 6.70. The summed E-state index contributed by atoms with van der Waals surface area (Å²) in [5.41, 5.74) is 0. The van der Waals surface area contributed by atoms with Crippen LogP contribution in [0.25, 0.3) is 0 Å². The second kappa shape index (κ2) is 5.56. The maximum absolute atomic E-state index is 8.65. The number of rotatable bonds is 0. The summed E-state index contributed by atoms with van der Waals surface area (Å²) in [5.74, 6) is 0.339. The SMILES string of the molecule is CNC.Oc1ccc(O)cc1. The Labute approximate surface area is 66.3 Å². The van der Waals surface area contributed by atoms with Gasteiger partial charge in [0.1, 0.15) is 11.5 Å². The molecule has 0 atom stereocenters. The Kier molecular flexibility index (Phi) is 4.94. The number of hydrogen-bond acceptors (Lipinski definition) is 3. The first kappa shape index (κ1) is 9.78. The van der Waals surface area contributed by atoms with Crippen LogP contribution in [0.2, 0.25) is 0 Å². The molecule has 0 saturated heterocycles. The molecular weight excluding hydrogens is 142 g/mol. The first-order valence-electron chi connectivity index (χ1n) is 3.27. The summed E-state index contributed by atoms with van der Waals surface area (Å²) in [6.45, 7) is 0. The van der Waals surface area contributed by atoms with Crippen LogP contribution in [0.15, 0.2) is 24.3 Å². The maximum Gasteiger partial charge on any atom is 0.115 e. The third-order valence-corrected chi connectivity index (χ3v) is 0.850. The van der Waals surface area contributed by atoms with E-state index in [0.29, 0.717) is 0 Å². The van der Waals surface area contributed by atoms with Crippen molar-refractivity contribution in [2.75, 3.05) is 14.1 Å². The normalized spacial score (nSPS) is 8.18. The van der Waals surface area contributed by atoms with Gasteiger partial charge in [-0.3, -0.25) is 0 Å². The van der Waals surface area contributed by atoms with Gasteiger partial charge in [-0.25, -0.2) is 0 Å². The standard InChI is InChI=1S/C6H6O2.C2H7N/c7-5-1-2-6(8)4-3-5;1-3-2/h1-4,7-8H;3H,1-2H3. The first-order valence-corrected chi connectivity index (χ1v) is 3.27. The van der Waals surface area contributed by atoms with Crippen LogP contribution < -0.4 is 5.32 Å². The lowest BCUT2D eigenvalue weighted by atomic mass is 10.3. The monoisotopic (exact) mass is 155 g/mol. The van der Waals surface area contributed by atoms with E-state index in [1.807, 2.05) is 14.1 Å². The van der Waals surface area contributed by atoms with Gasteiger partial charge in [0.25, 0.3) is 0 Å². The molecule has 3 heteroatoms. The maximum atomic E-state index is 8.65. The average molecular weight is 155 g/mol. The highest BCUT2D eigenvalue weighted by Gasteiger charge is 1.84. The molecule has 0 heterocycles. The van der Waals surface area contributed by atoms with Crippen molar-refractivity contribution in [3.8, 4) is 11.5 Å². The van der Waals surface area contributed by atoms with Crippen LogP contribution in [-0.4, -0.2) is 24.3 Å². The van der Waals surface area contributed by atoms with Gasteiger partial charge < -0.3 is 15.5 Å². The van der Waals surface area contributed by atoms with E-state index in [0.717, 1.165) is 0 Å². The largest absolute Gasteiger partial charge is 0.508 e. The van der Waals surface area contributed by atoms with E-state index in [1.54, 1.807) is 0 Å². The number of aromatic hydroxyl groups is 2. The summed E-state index contributed by atoms with van der Waals surface area (Å²) >= 11 is 0. The highest BCUT2D eigenvalue weighted by atomic mass is 16.3. The molecule has 0 aliphatic heterocycles. The molecule has 0 amide bonds. The molecule has 1 aromatic carbocycles. The van der Waals surface area contributed by atoms with Crippen LogP contribution in [-0.2, 0) is 0 Å². The van der Waals surface area contributed by atoms with Crippen molar-refractivity contribution in [1.82, 2.24) is 5.32 Å². The average Bonchev–Trinajstić information content (AvgIpc) is 1.97. The highest BCUT2D eigenvalue weighted by Crippen LogP contribution is 2.13. The topological polar surface area (TPSA) is 52.5 Å². The molecule has 1 rings (SSSR count). The predicted molar refractivity (Wildman–Crippen MR) is 44.8 cm³/mol. The minimum absolute atomic E-state index is 0.169. The minimum atomic E-state index is 0.169. The van der Waals surface area contributed by atoms with Crippen LogP contribution in [0.5, 0.6) is 11.5 Å². The van der Waals surface area contributed by atoms with E-state index in [4.69, 9.17) is 10.2 Å². The molecule has 62 valence electrons. The van der Waals surface area contributed by atoms with Crippen molar-refractivity contribution >= 4 is 0 Å². The fourth-order valence-corrected chi connectivity index (χ4v) is 0.453. The fraction of sp³-hybridized carbons (Fsp3) is 0.250. The quantitative estimate of drug-likeness (QED) is 0.488. The molecule has 0 unspecified atom stereocenters. The fourth-order valence-electron chi connectivity index (χ4n) is 0.453. The van der Waals surface area contributed by atoms with Gasteiger partial charge in [0.05, 0.1) is 0 Å². The van der Waals surface area contributed by atoms with Gasteiger partial charge in [-0.1, -0.05) is 0 Å². The van der Waals surface area contributed by atoms with E-state index < -0.39 is 0 Å². The summed E-state index contributed by atoms with van der Waals surface area (Å²) in [6.07, 6.45) is 0. The van der Waals surface area contributed by atoms with Crippen LogP contribution in [0.1, 0.15) is 0 Å². The molecule has 3 N–H and O–H groups in total. The molecular formula is C8H13NO2. The lowest BCUT2D eigenvalue weighted by Gasteiger charge is -1.88.